The van der Waals surface area contributed by atoms with Crippen molar-refractivity contribution in [3.8, 4) is 17.2 Å². The molecular weight excluding hydrogens is 834 g/mol. The Hall–Kier alpha value is -5.33. The Labute approximate surface area is 381 Å². The number of aryl methyl sites for hydroxylation is 1. The van der Waals surface area contributed by atoms with Gasteiger partial charge >= 0.3 is 11.9 Å². The van der Waals surface area contributed by atoms with Crippen molar-refractivity contribution < 1.29 is 43.5 Å². The molecule has 0 saturated heterocycles. The third kappa shape index (κ3) is 11.1. The molecule has 3 aliphatic carbocycles. The van der Waals surface area contributed by atoms with Crippen LogP contribution in [0.25, 0.3) is 0 Å². The van der Waals surface area contributed by atoms with Crippen LogP contribution in [0, 0.1) is 11.8 Å². The number of ether oxygens (including phenoxy) is 4. The summed E-state index contributed by atoms with van der Waals surface area (Å²) in [4.78, 5) is 42.9. The highest BCUT2D eigenvalue weighted by Gasteiger charge is 2.54. The van der Waals surface area contributed by atoms with Gasteiger partial charge in [-0.2, -0.15) is 0 Å². The lowest BCUT2D eigenvalue weighted by molar-refractivity contribution is -0.144. The van der Waals surface area contributed by atoms with Gasteiger partial charge in [0.05, 0.1) is 19.8 Å². The number of anilines is 1. The lowest BCUT2D eigenvalue weighted by Gasteiger charge is -2.47. The highest BCUT2D eigenvalue weighted by molar-refractivity contribution is 6.30. The predicted octanol–water partition coefficient (Wildman–Crippen LogP) is 9.20. The topological polar surface area (TPSA) is 166 Å². The van der Waals surface area contributed by atoms with E-state index in [-0.39, 0.29) is 42.6 Å². The number of aromatic nitrogens is 1. The minimum atomic E-state index is -1.15. The van der Waals surface area contributed by atoms with Gasteiger partial charge in [0.15, 0.2) is 0 Å². The molecule has 0 radical (unpaired) electrons. The van der Waals surface area contributed by atoms with Crippen LogP contribution in [0.4, 0.5) is 5.69 Å². The van der Waals surface area contributed by atoms with Crippen molar-refractivity contribution in [3.63, 3.8) is 0 Å². The zero-order chi connectivity index (χ0) is 45.3. The number of aliphatic carboxylic acids is 2. The number of carbonyl (C=O) groups excluding carboxylic acids is 1. The van der Waals surface area contributed by atoms with Crippen molar-refractivity contribution in [2.45, 2.75) is 114 Å². The summed E-state index contributed by atoms with van der Waals surface area (Å²) in [5.41, 5.74) is 4.84. The minimum absolute atomic E-state index is 0.0962. The molecule has 1 fully saturated rings. The summed E-state index contributed by atoms with van der Waals surface area (Å²) in [5, 5.41) is 27.2. The Kier molecular flexibility index (Phi) is 15.4. The molecule has 1 saturated carbocycles. The summed E-state index contributed by atoms with van der Waals surface area (Å²) in [6.45, 7) is 6.15. The minimum Gasteiger partial charge on any atom is -0.494 e. The summed E-state index contributed by atoms with van der Waals surface area (Å²) >= 11 is 6.31. The summed E-state index contributed by atoms with van der Waals surface area (Å²) in [6.07, 6.45) is 9.72. The fourth-order valence-corrected chi connectivity index (χ4v) is 10.5. The maximum atomic E-state index is 13.1. The molecule has 13 heteroatoms. The van der Waals surface area contributed by atoms with E-state index in [1.54, 1.807) is 43.5 Å². The first-order chi connectivity index (χ1) is 30.9. The number of nitrogens with one attached hydrogen (secondary N) is 2. The van der Waals surface area contributed by atoms with Gasteiger partial charge in [0.25, 0.3) is 0 Å². The van der Waals surface area contributed by atoms with Gasteiger partial charge in [-0.1, -0.05) is 49.7 Å². The first-order valence-corrected chi connectivity index (χ1v) is 23.1. The molecule has 7 rings (SSSR count). The average molecular weight is 897 g/mol. The van der Waals surface area contributed by atoms with Gasteiger partial charge in [0, 0.05) is 48.1 Å². The van der Waals surface area contributed by atoms with Crippen LogP contribution in [0.1, 0.15) is 106 Å². The number of benzene rings is 3. The normalized spacial score (nSPS) is 22.1. The van der Waals surface area contributed by atoms with Gasteiger partial charge < -0.3 is 39.8 Å². The molecule has 1 heterocycles. The van der Waals surface area contributed by atoms with E-state index in [1.807, 2.05) is 30.5 Å². The number of hydrogen-bond acceptors (Lipinski definition) is 9. The second-order valence-electron chi connectivity index (χ2n) is 18.1. The largest absolute Gasteiger partial charge is 0.494 e. The molecular formula is C51H62ClN3O9. The standard InChI is InChI=1S/C51H62ClN3O9/c1-33(32-64-45-17-22-53-43-13-4-8-34(2)47(43)45)26-37-29-36-15-16-41(31-42(36)50(37)18-20-51(21-19-50,49(59)60)55-39-11-6-10-38(52)30-39)62-23-7-14-46(56)54-44(48(57)58)28-35-9-5-12-40(27-35)63-25-24-61-3/h5-6,9-12,15-17,22,27,30-31,33-34,37,44,55H,4,7-8,13-14,18-21,23-26,28-29,32H2,1-3H3,(H,54,56)(H,57,58)(H,59,60)/t33-,34-,37?,44-,50?,51?/m1/s1. The second-order valence-corrected chi connectivity index (χ2v) is 18.6. The summed E-state index contributed by atoms with van der Waals surface area (Å²) in [7, 11) is 1.59. The van der Waals surface area contributed by atoms with E-state index in [4.69, 9.17) is 30.5 Å². The van der Waals surface area contributed by atoms with Crippen LogP contribution in [0.3, 0.4) is 0 Å². The van der Waals surface area contributed by atoms with Crippen LogP contribution in [0.2, 0.25) is 5.02 Å². The predicted molar refractivity (Wildman–Crippen MR) is 246 cm³/mol. The fourth-order valence-electron chi connectivity index (χ4n) is 10.3. The van der Waals surface area contributed by atoms with E-state index in [0.29, 0.717) is 80.1 Å². The van der Waals surface area contributed by atoms with E-state index >= 15 is 0 Å². The Morgan fingerprint density at radius 1 is 0.922 bits per heavy atom. The lowest BCUT2D eigenvalue weighted by Crippen LogP contribution is -2.53. The Bertz CT molecular complexity index is 2260. The van der Waals surface area contributed by atoms with Crippen LogP contribution in [-0.2, 0) is 43.8 Å². The van der Waals surface area contributed by atoms with Gasteiger partial charge in [0.1, 0.15) is 35.4 Å². The smallest absolute Gasteiger partial charge is 0.329 e. The van der Waals surface area contributed by atoms with Crippen LogP contribution < -0.4 is 24.8 Å². The number of nitrogens with zero attached hydrogens (tertiary/aromatic N) is 1. The number of methoxy groups -OCH3 is 1. The molecule has 1 aromatic heterocycles. The number of carbonyl (C=O) groups is 3. The van der Waals surface area contributed by atoms with Crippen LogP contribution in [0.5, 0.6) is 17.2 Å². The molecule has 12 nitrogen and oxygen atoms in total. The molecule has 1 spiro atoms. The Morgan fingerprint density at radius 3 is 2.47 bits per heavy atom. The number of amides is 1. The third-order valence-electron chi connectivity index (χ3n) is 13.6. The van der Waals surface area contributed by atoms with Crippen LogP contribution in [-0.4, -0.2) is 78.2 Å². The zero-order valence-electron chi connectivity index (χ0n) is 37.2. The molecule has 4 atom stereocenters. The number of halogens is 1. The van der Waals surface area contributed by atoms with E-state index in [0.717, 1.165) is 49.1 Å². The van der Waals surface area contributed by atoms with E-state index < -0.39 is 23.5 Å². The SMILES string of the molecule is COCCOc1cccc(C[C@@H](NC(=O)CCCOc2ccc3c(c2)C2(CCC(Nc4cccc(Cl)c4)(C(=O)O)CC2)C(C[C@@H](C)COc2ccnc4c2[C@H](C)CCC4)C3)C(=O)O)c1. The molecule has 1 amide bonds. The molecule has 0 aliphatic heterocycles. The molecule has 3 aromatic carbocycles. The van der Waals surface area contributed by atoms with Gasteiger partial charge in [-0.3, -0.25) is 9.78 Å². The molecule has 342 valence electrons. The van der Waals surface area contributed by atoms with Gasteiger partial charge in [0.2, 0.25) is 5.91 Å². The van der Waals surface area contributed by atoms with Gasteiger partial charge in [-0.25, -0.2) is 9.59 Å². The number of fused-ring (bicyclic) bond motifs is 3. The molecule has 64 heavy (non-hydrogen) atoms. The molecule has 1 unspecified atom stereocenters. The van der Waals surface area contributed by atoms with E-state index in [1.165, 1.54) is 16.7 Å². The molecule has 3 aliphatic rings. The van der Waals surface area contributed by atoms with Gasteiger partial charge in [-0.15, -0.1) is 0 Å². The second kappa shape index (κ2) is 21.1. The quantitative estimate of drug-likeness (QED) is 0.0590. The highest BCUT2D eigenvalue weighted by Crippen LogP contribution is 2.57. The van der Waals surface area contributed by atoms with Crippen LogP contribution >= 0.6 is 11.6 Å². The maximum Gasteiger partial charge on any atom is 0.329 e. The van der Waals surface area contributed by atoms with Gasteiger partial charge in [-0.05, 0) is 153 Å². The number of carboxylic acid groups (broad SMARTS) is 2. The third-order valence-corrected chi connectivity index (χ3v) is 13.8. The lowest BCUT2D eigenvalue weighted by atomic mass is 9.59. The van der Waals surface area contributed by atoms with Crippen molar-refractivity contribution in [2.75, 3.05) is 38.9 Å². The van der Waals surface area contributed by atoms with E-state index in [2.05, 4.69) is 41.6 Å². The van der Waals surface area contributed by atoms with E-state index in [9.17, 15) is 24.6 Å². The summed E-state index contributed by atoms with van der Waals surface area (Å²) in [5.74, 6) is 0.787. The number of pyridine rings is 1. The number of carboxylic acids is 2. The van der Waals surface area contributed by atoms with Crippen molar-refractivity contribution >= 4 is 35.1 Å². The van der Waals surface area contributed by atoms with Crippen molar-refractivity contribution in [1.82, 2.24) is 10.3 Å². The van der Waals surface area contributed by atoms with Crippen molar-refractivity contribution in [1.29, 1.82) is 0 Å². The number of rotatable bonds is 21. The average Bonchev–Trinajstić information content (AvgIpc) is 3.56. The highest BCUT2D eigenvalue weighted by atomic mass is 35.5. The molecule has 4 aromatic rings. The molecule has 0 bridgehead atoms. The Balaban J connectivity index is 1.01. The van der Waals surface area contributed by atoms with Crippen LogP contribution in [0.15, 0.2) is 79.0 Å². The van der Waals surface area contributed by atoms with Crippen molar-refractivity contribution in [2.24, 2.45) is 11.8 Å². The monoisotopic (exact) mass is 895 g/mol. The fraction of sp³-hybridized carbons (Fsp3) is 0.490. The van der Waals surface area contributed by atoms with Crippen molar-refractivity contribution in [3.05, 3.63) is 112 Å². The summed E-state index contributed by atoms with van der Waals surface area (Å²) < 4.78 is 23.6. The Morgan fingerprint density at radius 2 is 1.70 bits per heavy atom. The maximum absolute atomic E-state index is 13.1. The zero-order valence-corrected chi connectivity index (χ0v) is 38.0. The summed E-state index contributed by atoms with van der Waals surface area (Å²) in [6, 6.07) is 21.5. The first kappa shape index (κ1) is 46.7. The number of hydrogen-bond donors (Lipinski definition) is 4. The first-order valence-electron chi connectivity index (χ1n) is 22.7. The molecule has 4 N–H and O–H groups in total.